The fourth-order valence-corrected chi connectivity index (χ4v) is 2.73. The van der Waals surface area contributed by atoms with Gasteiger partial charge in [0, 0.05) is 31.1 Å². The quantitative estimate of drug-likeness (QED) is 0.789. The number of hydrogen-bond acceptors (Lipinski definition) is 3. The second-order valence-corrected chi connectivity index (χ2v) is 4.94. The van der Waals surface area contributed by atoms with Crippen LogP contribution in [0.2, 0.25) is 0 Å². The zero-order valence-electron chi connectivity index (χ0n) is 9.20. The Hall–Kier alpha value is -0.670. The van der Waals surface area contributed by atoms with Crippen molar-refractivity contribution in [2.75, 3.05) is 36.8 Å². The smallest absolute Gasteiger partial charge is 0.0505 e. The molecule has 1 aromatic rings. The largest absolute Gasteiger partial charge is 0.368 e. The summed E-state index contributed by atoms with van der Waals surface area (Å²) in [6, 6.07) is 8.73. The lowest BCUT2D eigenvalue weighted by Crippen LogP contribution is -2.43. The first kappa shape index (κ1) is 10.8. The molecule has 15 heavy (non-hydrogen) atoms. The Balaban J connectivity index is 2.17. The highest BCUT2D eigenvalue weighted by molar-refractivity contribution is 7.99. The molecule has 1 aliphatic rings. The third kappa shape index (κ3) is 2.67. The van der Waals surface area contributed by atoms with Gasteiger partial charge in [-0.15, -0.1) is 11.8 Å². The number of para-hydroxylation sites is 1. The molecule has 0 spiro atoms. The molecule has 1 heterocycles. The molecule has 2 nitrogen and oxygen atoms in total. The number of nitrogens with zero attached hydrogens (tertiary/aromatic N) is 1. The molecular weight excluding hydrogens is 204 g/mol. The van der Waals surface area contributed by atoms with Crippen molar-refractivity contribution >= 4 is 17.4 Å². The number of piperazine rings is 1. The van der Waals surface area contributed by atoms with Gasteiger partial charge in [0.2, 0.25) is 0 Å². The summed E-state index contributed by atoms with van der Waals surface area (Å²) in [5, 5.41) is 3.39. The maximum Gasteiger partial charge on any atom is 0.0505 e. The van der Waals surface area contributed by atoms with Crippen molar-refractivity contribution in [1.82, 2.24) is 5.32 Å². The van der Waals surface area contributed by atoms with E-state index in [-0.39, 0.29) is 0 Å². The van der Waals surface area contributed by atoms with E-state index in [1.54, 1.807) is 0 Å². The number of thioether (sulfide) groups is 1. The molecule has 0 radical (unpaired) electrons. The lowest BCUT2D eigenvalue weighted by molar-refractivity contribution is 0.587. The molecule has 0 unspecified atom stereocenters. The molecule has 0 amide bonds. The van der Waals surface area contributed by atoms with Gasteiger partial charge in [-0.1, -0.05) is 19.1 Å². The molecule has 1 aliphatic heterocycles. The van der Waals surface area contributed by atoms with Crippen molar-refractivity contribution in [3.8, 4) is 0 Å². The van der Waals surface area contributed by atoms with Crippen molar-refractivity contribution in [2.24, 2.45) is 0 Å². The van der Waals surface area contributed by atoms with Crippen LogP contribution in [0.15, 0.2) is 29.2 Å². The van der Waals surface area contributed by atoms with E-state index < -0.39 is 0 Å². The van der Waals surface area contributed by atoms with E-state index in [4.69, 9.17) is 0 Å². The first-order chi connectivity index (χ1) is 7.42. The Morgan fingerprint density at radius 2 is 2.00 bits per heavy atom. The summed E-state index contributed by atoms with van der Waals surface area (Å²) >= 11 is 1.93. The van der Waals surface area contributed by atoms with Gasteiger partial charge in [-0.25, -0.2) is 0 Å². The molecule has 1 N–H and O–H groups in total. The molecule has 0 atom stereocenters. The van der Waals surface area contributed by atoms with Crippen LogP contribution in [0, 0.1) is 0 Å². The monoisotopic (exact) mass is 222 g/mol. The van der Waals surface area contributed by atoms with Crippen LogP contribution in [0.1, 0.15) is 6.92 Å². The van der Waals surface area contributed by atoms with Crippen molar-refractivity contribution in [1.29, 1.82) is 0 Å². The molecule has 2 rings (SSSR count). The highest BCUT2D eigenvalue weighted by Crippen LogP contribution is 2.29. The van der Waals surface area contributed by atoms with Crippen molar-refractivity contribution in [2.45, 2.75) is 11.8 Å². The van der Waals surface area contributed by atoms with Crippen molar-refractivity contribution in [3.05, 3.63) is 24.3 Å². The van der Waals surface area contributed by atoms with E-state index >= 15 is 0 Å². The fourth-order valence-electron chi connectivity index (χ4n) is 1.90. The Labute approximate surface area is 96.0 Å². The molecular formula is C12H18N2S. The highest BCUT2D eigenvalue weighted by Gasteiger charge is 2.13. The second kappa shape index (κ2) is 5.42. The van der Waals surface area contributed by atoms with E-state index in [0.29, 0.717) is 0 Å². The van der Waals surface area contributed by atoms with Crippen molar-refractivity contribution in [3.63, 3.8) is 0 Å². The van der Waals surface area contributed by atoms with E-state index in [2.05, 4.69) is 41.4 Å². The lowest BCUT2D eigenvalue weighted by Gasteiger charge is -2.30. The fraction of sp³-hybridized carbons (Fsp3) is 0.500. The van der Waals surface area contributed by atoms with E-state index in [1.807, 2.05) is 11.8 Å². The Morgan fingerprint density at radius 1 is 1.27 bits per heavy atom. The van der Waals surface area contributed by atoms with Gasteiger partial charge in [0.25, 0.3) is 0 Å². The molecule has 0 aromatic heterocycles. The first-order valence-corrected chi connectivity index (χ1v) is 6.58. The normalized spacial score (nSPS) is 16.7. The zero-order chi connectivity index (χ0) is 10.5. The highest BCUT2D eigenvalue weighted by atomic mass is 32.2. The minimum absolute atomic E-state index is 1.10. The van der Waals surface area contributed by atoms with Crippen LogP contribution in [-0.4, -0.2) is 31.9 Å². The predicted molar refractivity (Wildman–Crippen MR) is 67.9 cm³/mol. The number of hydrogen-bond donors (Lipinski definition) is 1. The van der Waals surface area contributed by atoms with Crippen LogP contribution >= 0.6 is 11.8 Å². The molecule has 82 valence electrons. The summed E-state index contributed by atoms with van der Waals surface area (Å²) < 4.78 is 0. The van der Waals surface area contributed by atoms with E-state index in [0.717, 1.165) is 31.9 Å². The SMILES string of the molecule is CCSc1ccccc1N1CCNCC1. The number of nitrogens with one attached hydrogen (secondary N) is 1. The molecule has 0 aliphatic carbocycles. The van der Waals surface area contributed by atoms with Gasteiger partial charge in [-0.3, -0.25) is 0 Å². The molecule has 1 aromatic carbocycles. The summed E-state index contributed by atoms with van der Waals surface area (Å²) in [6.07, 6.45) is 0. The van der Waals surface area contributed by atoms with Gasteiger partial charge in [-0.05, 0) is 17.9 Å². The summed E-state index contributed by atoms with van der Waals surface area (Å²) in [7, 11) is 0. The van der Waals surface area contributed by atoms with Crippen LogP contribution in [0.25, 0.3) is 0 Å². The first-order valence-electron chi connectivity index (χ1n) is 5.59. The Kier molecular flexibility index (Phi) is 3.92. The maximum atomic E-state index is 3.39. The third-order valence-corrected chi connectivity index (χ3v) is 3.57. The second-order valence-electron chi connectivity index (χ2n) is 3.64. The van der Waals surface area contributed by atoms with Gasteiger partial charge >= 0.3 is 0 Å². The van der Waals surface area contributed by atoms with Gasteiger partial charge in [0.05, 0.1) is 5.69 Å². The number of rotatable bonds is 3. The molecule has 1 fully saturated rings. The standard InChI is InChI=1S/C12H18N2S/c1-2-15-12-6-4-3-5-11(12)14-9-7-13-8-10-14/h3-6,13H,2,7-10H2,1H3. The van der Waals surface area contributed by atoms with Crippen molar-refractivity contribution < 1.29 is 0 Å². The van der Waals surface area contributed by atoms with Crippen LogP contribution in [0.5, 0.6) is 0 Å². The predicted octanol–water partition coefficient (Wildman–Crippen LogP) is 2.21. The van der Waals surface area contributed by atoms with Gasteiger partial charge in [0.15, 0.2) is 0 Å². The van der Waals surface area contributed by atoms with Gasteiger partial charge < -0.3 is 10.2 Å². The number of benzene rings is 1. The molecule has 0 saturated carbocycles. The Bertz CT molecular complexity index is 308. The minimum Gasteiger partial charge on any atom is -0.368 e. The van der Waals surface area contributed by atoms with E-state index in [1.165, 1.54) is 10.6 Å². The van der Waals surface area contributed by atoms with Crippen LogP contribution < -0.4 is 10.2 Å². The van der Waals surface area contributed by atoms with Gasteiger partial charge in [0.1, 0.15) is 0 Å². The summed E-state index contributed by atoms with van der Waals surface area (Å²) in [5.74, 6) is 1.14. The summed E-state index contributed by atoms with van der Waals surface area (Å²) in [5.41, 5.74) is 1.41. The molecule has 1 saturated heterocycles. The van der Waals surface area contributed by atoms with Crippen LogP contribution in [0.3, 0.4) is 0 Å². The summed E-state index contributed by atoms with van der Waals surface area (Å²) in [6.45, 7) is 6.66. The maximum absolute atomic E-state index is 3.39. The Morgan fingerprint density at radius 3 is 2.73 bits per heavy atom. The minimum atomic E-state index is 1.10. The zero-order valence-corrected chi connectivity index (χ0v) is 10.0. The lowest BCUT2D eigenvalue weighted by atomic mass is 10.2. The van der Waals surface area contributed by atoms with Gasteiger partial charge in [-0.2, -0.15) is 0 Å². The topological polar surface area (TPSA) is 15.3 Å². The summed E-state index contributed by atoms with van der Waals surface area (Å²) in [4.78, 5) is 3.90. The average molecular weight is 222 g/mol. The van der Waals surface area contributed by atoms with E-state index in [9.17, 15) is 0 Å². The van der Waals surface area contributed by atoms with Crippen LogP contribution in [0.4, 0.5) is 5.69 Å². The third-order valence-electron chi connectivity index (χ3n) is 2.62. The van der Waals surface area contributed by atoms with Crippen LogP contribution in [-0.2, 0) is 0 Å². The molecule has 0 bridgehead atoms. The molecule has 3 heteroatoms. The number of anilines is 1. The average Bonchev–Trinajstić information content (AvgIpc) is 2.31.